The van der Waals surface area contributed by atoms with E-state index < -0.39 is 0 Å². The van der Waals surface area contributed by atoms with Crippen molar-refractivity contribution in [3.63, 3.8) is 0 Å². The Morgan fingerprint density at radius 1 is 1.11 bits per heavy atom. The van der Waals surface area contributed by atoms with Crippen LogP contribution >= 0.6 is 0 Å². The Labute approximate surface area is 109 Å². The third-order valence-corrected chi connectivity index (χ3v) is 3.64. The number of hydrogen-bond acceptors (Lipinski definition) is 2. The minimum atomic E-state index is 0.790. The Hall–Kier alpha value is -1.41. The van der Waals surface area contributed by atoms with Crippen molar-refractivity contribution < 1.29 is 0 Å². The summed E-state index contributed by atoms with van der Waals surface area (Å²) in [6.07, 6.45) is 4.40. The number of rotatable bonds is 6. The van der Waals surface area contributed by atoms with Crippen molar-refractivity contribution in [1.82, 2.24) is 10.3 Å². The molecule has 2 rings (SSSR count). The van der Waals surface area contributed by atoms with Gasteiger partial charge in [0.25, 0.3) is 0 Å². The zero-order chi connectivity index (χ0) is 12.8. The van der Waals surface area contributed by atoms with Crippen LogP contribution in [0.4, 0.5) is 0 Å². The number of para-hydroxylation sites is 1. The molecule has 2 heteroatoms. The summed E-state index contributed by atoms with van der Waals surface area (Å²) >= 11 is 0. The van der Waals surface area contributed by atoms with E-state index in [1.54, 1.807) is 0 Å². The first-order valence-corrected chi connectivity index (χ1v) is 6.88. The molecule has 0 atom stereocenters. The van der Waals surface area contributed by atoms with Gasteiger partial charge in [0.15, 0.2) is 0 Å². The number of nitrogens with zero attached hydrogens (tertiary/aromatic N) is 1. The smallest absolute Gasteiger partial charge is 0.0705 e. The van der Waals surface area contributed by atoms with Gasteiger partial charge in [0.05, 0.1) is 5.52 Å². The molecule has 1 aromatic heterocycles. The van der Waals surface area contributed by atoms with Crippen LogP contribution in [0.1, 0.15) is 32.3 Å². The molecule has 0 bridgehead atoms. The zero-order valence-corrected chi connectivity index (χ0v) is 11.3. The Morgan fingerprint density at radius 3 is 2.67 bits per heavy atom. The fourth-order valence-electron chi connectivity index (χ4n) is 2.30. The molecule has 0 saturated carbocycles. The second kappa shape index (κ2) is 6.50. The van der Waals surface area contributed by atoms with E-state index >= 15 is 0 Å². The predicted molar refractivity (Wildman–Crippen MR) is 77.5 cm³/mol. The average Bonchev–Trinajstić information content (AvgIpc) is 2.44. The molecule has 2 nitrogen and oxygen atoms in total. The summed E-state index contributed by atoms with van der Waals surface area (Å²) in [5.74, 6) is 0.790. The Balaban J connectivity index is 2.03. The van der Waals surface area contributed by atoms with Gasteiger partial charge in [-0.3, -0.25) is 4.98 Å². The number of fused-ring (bicyclic) bond motifs is 1. The largest absolute Gasteiger partial charge is 0.312 e. The minimum Gasteiger partial charge on any atom is -0.312 e. The van der Waals surface area contributed by atoms with E-state index in [1.165, 1.54) is 23.8 Å². The molecule has 2 aromatic rings. The SMILES string of the molecule is CCC(CC)CNCc1ccnc2ccccc12. The third kappa shape index (κ3) is 3.08. The van der Waals surface area contributed by atoms with Crippen LogP contribution in [0.3, 0.4) is 0 Å². The summed E-state index contributed by atoms with van der Waals surface area (Å²) in [6.45, 7) is 6.55. The lowest BCUT2D eigenvalue weighted by Crippen LogP contribution is -2.21. The van der Waals surface area contributed by atoms with Crippen LogP contribution in [-0.4, -0.2) is 11.5 Å². The summed E-state index contributed by atoms with van der Waals surface area (Å²) in [7, 11) is 0. The summed E-state index contributed by atoms with van der Waals surface area (Å²) in [4.78, 5) is 4.39. The van der Waals surface area contributed by atoms with Gasteiger partial charge in [0.2, 0.25) is 0 Å². The van der Waals surface area contributed by atoms with Gasteiger partial charge in [-0.2, -0.15) is 0 Å². The van der Waals surface area contributed by atoms with Crippen LogP contribution in [0.25, 0.3) is 10.9 Å². The van der Waals surface area contributed by atoms with Crippen LogP contribution in [0.15, 0.2) is 36.5 Å². The summed E-state index contributed by atoms with van der Waals surface area (Å²) < 4.78 is 0. The molecule has 0 aliphatic rings. The van der Waals surface area contributed by atoms with Gasteiger partial charge in [0, 0.05) is 18.1 Å². The number of aromatic nitrogens is 1. The topological polar surface area (TPSA) is 24.9 Å². The second-order valence-electron chi connectivity index (χ2n) is 4.80. The van der Waals surface area contributed by atoms with Gasteiger partial charge in [-0.1, -0.05) is 44.9 Å². The highest BCUT2D eigenvalue weighted by Gasteiger charge is 2.04. The molecule has 1 heterocycles. The van der Waals surface area contributed by atoms with Crippen LogP contribution in [0, 0.1) is 5.92 Å². The standard InChI is InChI=1S/C16H22N2/c1-3-13(4-2)11-17-12-14-9-10-18-16-8-6-5-7-15(14)16/h5-10,13,17H,3-4,11-12H2,1-2H3. The van der Waals surface area contributed by atoms with E-state index in [4.69, 9.17) is 0 Å². The maximum Gasteiger partial charge on any atom is 0.0705 e. The first kappa shape index (κ1) is 13.0. The maximum atomic E-state index is 4.39. The number of benzene rings is 1. The molecule has 0 aliphatic heterocycles. The Bertz CT molecular complexity index is 484. The number of nitrogens with one attached hydrogen (secondary N) is 1. The monoisotopic (exact) mass is 242 g/mol. The molecule has 0 fully saturated rings. The molecule has 96 valence electrons. The van der Waals surface area contributed by atoms with Crippen LogP contribution < -0.4 is 5.32 Å². The van der Waals surface area contributed by atoms with Gasteiger partial charge >= 0.3 is 0 Å². The van der Waals surface area contributed by atoms with Crippen molar-refractivity contribution >= 4 is 10.9 Å². The first-order chi connectivity index (χ1) is 8.85. The van der Waals surface area contributed by atoms with E-state index in [0.717, 1.165) is 24.5 Å². The van der Waals surface area contributed by atoms with Crippen molar-refractivity contribution in [2.24, 2.45) is 5.92 Å². The predicted octanol–water partition coefficient (Wildman–Crippen LogP) is 3.76. The molecule has 0 amide bonds. The lowest BCUT2D eigenvalue weighted by atomic mass is 10.0. The lowest BCUT2D eigenvalue weighted by Gasteiger charge is -2.14. The summed E-state index contributed by atoms with van der Waals surface area (Å²) in [6, 6.07) is 10.4. The molecule has 0 radical (unpaired) electrons. The number of hydrogen-bond donors (Lipinski definition) is 1. The molecule has 1 N–H and O–H groups in total. The van der Waals surface area contributed by atoms with Gasteiger partial charge in [-0.15, -0.1) is 0 Å². The van der Waals surface area contributed by atoms with Crippen molar-refractivity contribution in [2.75, 3.05) is 6.54 Å². The highest BCUT2D eigenvalue weighted by Crippen LogP contribution is 2.16. The molecule has 18 heavy (non-hydrogen) atoms. The van der Waals surface area contributed by atoms with Crippen LogP contribution in [-0.2, 0) is 6.54 Å². The molecular weight excluding hydrogens is 220 g/mol. The van der Waals surface area contributed by atoms with Crippen molar-refractivity contribution in [2.45, 2.75) is 33.2 Å². The molecule has 0 unspecified atom stereocenters. The molecule has 0 saturated heterocycles. The highest BCUT2D eigenvalue weighted by atomic mass is 14.9. The van der Waals surface area contributed by atoms with Gasteiger partial charge in [-0.05, 0) is 30.2 Å². The van der Waals surface area contributed by atoms with Gasteiger partial charge in [0.1, 0.15) is 0 Å². The summed E-state index contributed by atoms with van der Waals surface area (Å²) in [5, 5.41) is 4.83. The first-order valence-electron chi connectivity index (χ1n) is 6.88. The number of pyridine rings is 1. The fraction of sp³-hybridized carbons (Fsp3) is 0.438. The summed E-state index contributed by atoms with van der Waals surface area (Å²) in [5.41, 5.74) is 2.42. The third-order valence-electron chi connectivity index (χ3n) is 3.64. The molecule has 0 spiro atoms. The van der Waals surface area contributed by atoms with E-state index in [9.17, 15) is 0 Å². The van der Waals surface area contributed by atoms with Gasteiger partial charge in [-0.25, -0.2) is 0 Å². The minimum absolute atomic E-state index is 0.790. The van der Waals surface area contributed by atoms with Crippen LogP contribution in [0.2, 0.25) is 0 Å². The van der Waals surface area contributed by atoms with E-state index in [2.05, 4.69) is 48.4 Å². The van der Waals surface area contributed by atoms with E-state index in [-0.39, 0.29) is 0 Å². The Morgan fingerprint density at radius 2 is 1.89 bits per heavy atom. The quantitative estimate of drug-likeness (QED) is 0.834. The van der Waals surface area contributed by atoms with Crippen molar-refractivity contribution in [3.8, 4) is 0 Å². The lowest BCUT2D eigenvalue weighted by molar-refractivity contribution is 0.450. The second-order valence-corrected chi connectivity index (χ2v) is 4.80. The maximum absolute atomic E-state index is 4.39. The van der Waals surface area contributed by atoms with Gasteiger partial charge < -0.3 is 5.32 Å². The van der Waals surface area contributed by atoms with E-state index in [1.807, 2.05) is 12.3 Å². The molecular formula is C16H22N2. The average molecular weight is 242 g/mol. The van der Waals surface area contributed by atoms with Crippen molar-refractivity contribution in [3.05, 3.63) is 42.1 Å². The fourth-order valence-corrected chi connectivity index (χ4v) is 2.30. The van der Waals surface area contributed by atoms with Crippen LogP contribution in [0.5, 0.6) is 0 Å². The zero-order valence-electron chi connectivity index (χ0n) is 11.3. The molecule has 0 aliphatic carbocycles. The van der Waals surface area contributed by atoms with Crippen molar-refractivity contribution in [1.29, 1.82) is 0 Å². The van der Waals surface area contributed by atoms with E-state index in [0.29, 0.717) is 0 Å². The highest BCUT2D eigenvalue weighted by molar-refractivity contribution is 5.81. The Kier molecular flexibility index (Phi) is 4.71. The normalized spacial score (nSPS) is 11.3. The molecule has 1 aromatic carbocycles.